The van der Waals surface area contributed by atoms with Gasteiger partial charge in [-0.05, 0) is 31.2 Å². The van der Waals surface area contributed by atoms with Crippen molar-refractivity contribution in [3.63, 3.8) is 0 Å². The van der Waals surface area contributed by atoms with Gasteiger partial charge in [0.2, 0.25) is 5.91 Å². The van der Waals surface area contributed by atoms with Crippen molar-refractivity contribution in [2.24, 2.45) is 11.7 Å². The zero-order valence-corrected chi connectivity index (χ0v) is 13.2. The summed E-state index contributed by atoms with van der Waals surface area (Å²) >= 11 is 0. The van der Waals surface area contributed by atoms with Crippen LogP contribution in [0.15, 0.2) is 29.2 Å². The smallest absolute Gasteiger partial charge is 0.226 e. The molecule has 118 valence electrons. The van der Waals surface area contributed by atoms with Crippen molar-refractivity contribution in [3.8, 4) is 0 Å². The Kier molecular flexibility index (Phi) is 5.86. The molecule has 5 nitrogen and oxygen atoms in total. The summed E-state index contributed by atoms with van der Waals surface area (Å²) < 4.78 is 37.2. The first-order chi connectivity index (χ1) is 9.69. The van der Waals surface area contributed by atoms with Gasteiger partial charge in [0.05, 0.1) is 10.6 Å². The predicted octanol–water partition coefficient (Wildman–Crippen LogP) is 1.04. The Balaban J connectivity index is 2.84. The van der Waals surface area contributed by atoms with Crippen molar-refractivity contribution in [2.75, 3.05) is 19.3 Å². The number of likely N-dealkylation sites (N-methyl/N-ethyl adjacent to an activating group) is 1. The summed E-state index contributed by atoms with van der Waals surface area (Å²) in [4.78, 5) is 13.6. The van der Waals surface area contributed by atoms with Crippen molar-refractivity contribution >= 4 is 15.7 Å². The number of hydrogen-bond acceptors (Lipinski definition) is 4. The Hall–Kier alpha value is -1.47. The molecule has 0 aromatic heterocycles. The number of nitrogens with two attached hydrogens (primary N) is 1. The van der Waals surface area contributed by atoms with E-state index in [2.05, 4.69) is 0 Å². The fraction of sp³-hybridized carbons (Fsp3) is 0.500. The second-order valence-corrected chi connectivity index (χ2v) is 7.20. The average Bonchev–Trinajstić information content (AvgIpc) is 2.44. The molecular formula is C14H21FN2O3S. The molecule has 0 saturated heterocycles. The van der Waals surface area contributed by atoms with E-state index in [9.17, 15) is 17.6 Å². The lowest BCUT2D eigenvalue weighted by molar-refractivity contribution is -0.134. The van der Waals surface area contributed by atoms with E-state index in [1.807, 2.05) is 0 Å². The van der Waals surface area contributed by atoms with E-state index in [1.165, 1.54) is 17.0 Å². The van der Waals surface area contributed by atoms with E-state index < -0.39 is 21.6 Å². The average molecular weight is 316 g/mol. The highest BCUT2D eigenvalue weighted by Crippen LogP contribution is 2.16. The molecule has 2 N–H and O–H groups in total. The fourth-order valence-electron chi connectivity index (χ4n) is 1.86. The van der Waals surface area contributed by atoms with E-state index in [0.29, 0.717) is 6.54 Å². The molecule has 2 unspecified atom stereocenters. The summed E-state index contributed by atoms with van der Waals surface area (Å²) in [5.74, 6) is -1.80. The molecular weight excluding hydrogens is 295 g/mol. The van der Waals surface area contributed by atoms with Crippen LogP contribution in [0.5, 0.6) is 0 Å². The van der Waals surface area contributed by atoms with E-state index in [4.69, 9.17) is 5.73 Å². The summed E-state index contributed by atoms with van der Waals surface area (Å²) in [6.07, 6.45) is 0. The first kappa shape index (κ1) is 17.6. The van der Waals surface area contributed by atoms with Crippen LogP contribution in [0, 0.1) is 11.7 Å². The highest BCUT2D eigenvalue weighted by Gasteiger charge is 2.26. The number of rotatable bonds is 6. The Labute approximate surface area is 124 Å². The first-order valence-corrected chi connectivity index (χ1v) is 8.29. The van der Waals surface area contributed by atoms with Gasteiger partial charge < -0.3 is 10.6 Å². The Morgan fingerprint density at radius 2 is 1.81 bits per heavy atom. The van der Waals surface area contributed by atoms with Crippen molar-refractivity contribution < 1.29 is 17.6 Å². The summed E-state index contributed by atoms with van der Waals surface area (Å²) in [6, 6.07) is 4.42. The van der Waals surface area contributed by atoms with Crippen molar-refractivity contribution in [1.82, 2.24) is 4.90 Å². The van der Waals surface area contributed by atoms with Gasteiger partial charge in [-0.3, -0.25) is 4.79 Å². The van der Waals surface area contributed by atoms with Gasteiger partial charge in [-0.2, -0.15) is 0 Å². The number of amides is 1. The van der Waals surface area contributed by atoms with Crippen LogP contribution < -0.4 is 5.73 Å². The largest absolute Gasteiger partial charge is 0.342 e. The van der Waals surface area contributed by atoms with Crippen LogP contribution in [-0.2, 0) is 14.6 Å². The standard InChI is InChI=1S/C14H21FN2O3S/c1-10(14(18)17(3)11(2)8-16)9-21(19,20)13-6-4-12(15)5-7-13/h4-7,10-11H,8-9,16H2,1-3H3. The van der Waals surface area contributed by atoms with Crippen LogP contribution in [0.4, 0.5) is 4.39 Å². The molecule has 0 fully saturated rings. The maximum atomic E-state index is 12.8. The zero-order chi connectivity index (χ0) is 16.2. The van der Waals surface area contributed by atoms with Gasteiger partial charge in [0.25, 0.3) is 0 Å². The number of sulfone groups is 1. The zero-order valence-electron chi connectivity index (χ0n) is 12.4. The van der Waals surface area contributed by atoms with Gasteiger partial charge in [-0.15, -0.1) is 0 Å². The number of carbonyl (C=O) groups excluding carboxylic acids is 1. The second-order valence-electron chi connectivity index (χ2n) is 5.17. The lowest BCUT2D eigenvalue weighted by Gasteiger charge is -2.26. The van der Waals surface area contributed by atoms with Crippen LogP contribution in [-0.4, -0.2) is 44.6 Å². The highest BCUT2D eigenvalue weighted by atomic mass is 32.2. The maximum Gasteiger partial charge on any atom is 0.226 e. The van der Waals surface area contributed by atoms with Gasteiger partial charge >= 0.3 is 0 Å². The first-order valence-electron chi connectivity index (χ1n) is 6.64. The lowest BCUT2D eigenvalue weighted by atomic mass is 10.1. The molecule has 0 saturated carbocycles. The molecule has 21 heavy (non-hydrogen) atoms. The Morgan fingerprint density at radius 1 is 1.29 bits per heavy atom. The fourth-order valence-corrected chi connectivity index (χ4v) is 3.41. The predicted molar refractivity (Wildman–Crippen MR) is 78.9 cm³/mol. The van der Waals surface area contributed by atoms with Crippen molar-refractivity contribution in [3.05, 3.63) is 30.1 Å². The van der Waals surface area contributed by atoms with E-state index in [-0.39, 0.29) is 22.6 Å². The van der Waals surface area contributed by atoms with E-state index in [0.717, 1.165) is 12.1 Å². The third kappa shape index (κ3) is 4.50. The number of halogens is 1. The minimum absolute atomic E-state index is 0.0121. The Bertz CT molecular complexity index is 587. The second kappa shape index (κ2) is 7.00. The molecule has 7 heteroatoms. The summed E-state index contributed by atoms with van der Waals surface area (Å²) in [5.41, 5.74) is 5.50. The minimum Gasteiger partial charge on any atom is -0.342 e. The van der Waals surface area contributed by atoms with E-state index >= 15 is 0 Å². The van der Waals surface area contributed by atoms with Crippen LogP contribution in [0.1, 0.15) is 13.8 Å². The third-order valence-electron chi connectivity index (χ3n) is 3.41. The maximum absolute atomic E-state index is 12.8. The van der Waals surface area contributed by atoms with Gasteiger partial charge in [0.1, 0.15) is 5.82 Å². The molecule has 1 rings (SSSR count). The molecule has 0 aliphatic rings. The SMILES string of the molecule is CC(CS(=O)(=O)c1ccc(F)cc1)C(=O)N(C)C(C)CN. The normalized spacial score (nSPS) is 14.5. The molecule has 1 amide bonds. The molecule has 1 aromatic rings. The van der Waals surface area contributed by atoms with E-state index in [1.54, 1.807) is 20.9 Å². The molecule has 0 aliphatic carbocycles. The topological polar surface area (TPSA) is 80.5 Å². The quantitative estimate of drug-likeness (QED) is 0.795. The Morgan fingerprint density at radius 3 is 2.29 bits per heavy atom. The third-order valence-corrected chi connectivity index (χ3v) is 5.34. The van der Waals surface area contributed by atoms with Gasteiger partial charge in [0.15, 0.2) is 9.84 Å². The number of benzene rings is 1. The molecule has 2 atom stereocenters. The molecule has 0 bridgehead atoms. The van der Waals surface area contributed by atoms with Crippen LogP contribution >= 0.6 is 0 Å². The van der Waals surface area contributed by atoms with Crippen molar-refractivity contribution in [1.29, 1.82) is 0 Å². The molecule has 0 spiro atoms. The number of carbonyl (C=O) groups is 1. The lowest BCUT2D eigenvalue weighted by Crippen LogP contribution is -2.43. The van der Waals surface area contributed by atoms with Crippen LogP contribution in [0.25, 0.3) is 0 Å². The molecule has 0 heterocycles. The van der Waals surface area contributed by atoms with Crippen molar-refractivity contribution in [2.45, 2.75) is 24.8 Å². The minimum atomic E-state index is -3.63. The molecule has 0 aliphatic heterocycles. The number of hydrogen-bond donors (Lipinski definition) is 1. The van der Waals surface area contributed by atoms with Crippen LogP contribution in [0.3, 0.4) is 0 Å². The van der Waals surface area contributed by atoms with Gasteiger partial charge in [-0.25, -0.2) is 12.8 Å². The highest BCUT2D eigenvalue weighted by molar-refractivity contribution is 7.91. The monoisotopic (exact) mass is 316 g/mol. The summed E-state index contributed by atoms with van der Waals surface area (Å²) in [6.45, 7) is 3.65. The summed E-state index contributed by atoms with van der Waals surface area (Å²) in [5, 5.41) is 0. The molecule has 0 radical (unpaired) electrons. The van der Waals surface area contributed by atoms with Gasteiger partial charge in [0, 0.05) is 25.6 Å². The molecule has 1 aromatic carbocycles. The van der Waals surface area contributed by atoms with Crippen LogP contribution in [0.2, 0.25) is 0 Å². The summed E-state index contributed by atoms with van der Waals surface area (Å²) in [7, 11) is -2.03. The number of nitrogens with zero attached hydrogens (tertiary/aromatic N) is 1. The van der Waals surface area contributed by atoms with Gasteiger partial charge in [-0.1, -0.05) is 6.92 Å².